The van der Waals surface area contributed by atoms with Crippen molar-refractivity contribution in [3.63, 3.8) is 0 Å². The van der Waals surface area contributed by atoms with Crippen molar-refractivity contribution in [2.45, 2.75) is 19.9 Å². The van der Waals surface area contributed by atoms with Crippen LogP contribution in [0.5, 0.6) is 17.2 Å². The highest BCUT2D eigenvalue weighted by atomic mass is 32.1. The molecule has 0 radical (unpaired) electrons. The number of methoxy groups -OCH3 is 3. The second-order valence-corrected chi connectivity index (χ2v) is 7.46. The number of aromatic amines is 1. The van der Waals surface area contributed by atoms with Gasteiger partial charge in [0.25, 0.3) is 0 Å². The number of pyridine rings is 1. The molecular weight excluding hydrogens is 380 g/mol. The third-order valence-corrected chi connectivity index (χ3v) is 5.47. The van der Waals surface area contributed by atoms with E-state index in [1.165, 1.54) is 0 Å². The van der Waals surface area contributed by atoms with Crippen LogP contribution in [0.2, 0.25) is 0 Å². The van der Waals surface area contributed by atoms with E-state index in [1.807, 2.05) is 30.7 Å². The lowest BCUT2D eigenvalue weighted by Crippen LogP contribution is -2.04. The molecule has 0 aliphatic carbocycles. The summed E-state index contributed by atoms with van der Waals surface area (Å²) in [5.74, 6) is 1.57. The van der Waals surface area contributed by atoms with Crippen LogP contribution < -0.4 is 19.1 Å². The van der Waals surface area contributed by atoms with Gasteiger partial charge < -0.3 is 14.2 Å². The van der Waals surface area contributed by atoms with Crippen LogP contribution in [0.25, 0.3) is 32.5 Å². The molecule has 146 valence electrons. The lowest BCUT2D eigenvalue weighted by molar-refractivity contribution is 0.325. The Labute approximate surface area is 164 Å². The van der Waals surface area contributed by atoms with Crippen molar-refractivity contribution in [1.82, 2.24) is 19.7 Å². The molecule has 0 atom stereocenters. The number of ether oxygens (including phenoxy) is 3. The van der Waals surface area contributed by atoms with Crippen LogP contribution in [-0.2, 0) is 0 Å². The normalized spacial score (nSPS) is 11.5. The zero-order valence-electron chi connectivity index (χ0n) is 16.2. The van der Waals surface area contributed by atoms with Crippen LogP contribution in [0.1, 0.15) is 19.9 Å². The average molecular weight is 400 g/mol. The van der Waals surface area contributed by atoms with Crippen molar-refractivity contribution in [3.8, 4) is 28.4 Å². The van der Waals surface area contributed by atoms with Gasteiger partial charge in [-0.25, -0.2) is 9.67 Å². The highest BCUT2D eigenvalue weighted by Gasteiger charge is 2.24. The van der Waals surface area contributed by atoms with Crippen LogP contribution in [-0.4, -0.2) is 41.1 Å². The van der Waals surface area contributed by atoms with Crippen molar-refractivity contribution in [1.29, 1.82) is 0 Å². The van der Waals surface area contributed by atoms with Gasteiger partial charge in [0.05, 0.1) is 32.2 Å². The summed E-state index contributed by atoms with van der Waals surface area (Å²) in [6.45, 7) is 4.07. The molecule has 1 N–H and O–H groups in total. The molecule has 8 nitrogen and oxygen atoms in total. The van der Waals surface area contributed by atoms with Gasteiger partial charge in [0, 0.05) is 22.6 Å². The van der Waals surface area contributed by atoms with Crippen molar-refractivity contribution in [3.05, 3.63) is 28.0 Å². The van der Waals surface area contributed by atoms with Gasteiger partial charge in [0.2, 0.25) is 5.75 Å². The van der Waals surface area contributed by atoms with Crippen molar-refractivity contribution in [2.24, 2.45) is 0 Å². The number of hydrogen-bond donors (Lipinski definition) is 1. The summed E-state index contributed by atoms with van der Waals surface area (Å²) in [7, 11) is 4.71. The van der Waals surface area contributed by atoms with Crippen molar-refractivity contribution < 1.29 is 14.2 Å². The minimum absolute atomic E-state index is 0.118. The molecule has 1 aromatic carbocycles. The van der Waals surface area contributed by atoms with Gasteiger partial charge in [-0.3, -0.25) is 9.78 Å². The first-order chi connectivity index (χ1) is 13.5. The molecule has 0 saturated carbocycles. The summed E-state index contributed by atoms with van der Waals surface area (Å²) in [6.07, 6.45) is 1.78. The molecular formula is C19H20N4O4S. The minimum Gasteiger partial charge on any atom is -0.493 e. The third-order valence-electron chi connectivity index (χ3n) is 4.58. The average Bonchev–Trinajstić information content (AvgIpc) is 3.27. The van der Waals surface area contributed by atoms with Crippen molar-refractivity contribution >= 4 is 32.7 Å². The van der Waals surface area contributed by atoms with E-state index in [-0.39, 0.29) is 10.9 Å². The number of H-pyrrole nitrogens is 1. The molecule has 3 heterocycles. The minimum atomic E-state index is -0.167. The Hall–Kier alpha value is -3.07. The van der Waals surface area contributed by atoms with E-state index in [4.69, 9.17) is 14.2 Å². The SMILES string of the molecule is COc1ccc(-c2c3cnn(C(C)C)c3nc3[nH]c(=O)sc23)c(OC)c1OC. The van der Waals surface area contributed by atoms with E-state index in [2.05, 4.69) is 15.1 Å². The predicted octanol–water partition coefficient (Wildman–Crippen LogP) is 3.61. The first-order valence-electron chi connectivity index (χ1n) is 8.69. The molecule has 0 spiro atoms. The molecule has 0 amide bonds. The van der Waals surface area contributed by atoms with Gasteiger partial charge in [-0.1, -0.05) is 11.3 Å². The largest absolute Gasteiger partial charge is 0.493 e. The van der Waals surface area contributed by atoms with E-state index in [1.54, 1.807) is 27.5 Å². The zero-order chi connectivity index (χ0) is 20.0. The van der Waals surface area contributed by atoms with Gasteiger partial charge >= 0.3 is 4.87 Å². The summed E-state index contributed by atoms with van der Waals surface area (Å²) in [5, 5.41) is 5.34. The molecule has 0 aliphatic heterocycles. The topological polar surface area (TPSA) is 91.3 Å². The van der Waals surface area contributed by atoms with E-state index < -0.39 is 0 Å². The molecule has 0 fully saturated rings. The maximum Gasteiger partial charge on any atom is 0.306 e. The van der Waals surface area contributed by atoms with Gasteiger partial charge in [-0.15, -0.1) is 0 Å². The monoisotopic (exact) mass is 400 g/mol. The lowest BCUT2D eigenvalue weighted by Gasteiger charge is -2.16. The Morgan fingerprint density at radius 3 is 2.50 bits per heavy atom. The number of rotatable bonds is 5. The highest BCUT2D eigenvalue weighted by Crippen LogP contribution is 2.47. The summed E-state index contributed by atoms with van der Waals surface area (Å²) < 4.78 is 19.2. The second kappa shape index (κ2) is 6.83. The molecule has 0 bridgehead atoms. The Morgan fingerprint density at radius 1 is 1.11 bits per heavy atom. The Balaban J connectivity index is 2.17. The smallest absolute Gasteiger partial charge is 0.306 e. The number of hydrogen-bond acceptors (Lipinski definition) is 7. The third kappa shape index (κ3) is 2.62. The van der Waals surface area contributed by atoms with Gasteiger partial charge in [-0.05, 0) is 26.0 Å². The lowest BCUT2D eigenvalue weighted by atomic mass is 10.0. The van der Waals surface area contributed by atoms with E-state index >= 15 is 0 Å². The Bertz CT molecular complexity index is 1240. The maximum atomic E-state index is 12.1. The second-order valence-electron chi connectivity index (χ2n) is 6.48. The molecule has 9 heteroatoms. The maximum absolute atomic E-state index is 12.1. The number of thiazole rings is 1. The first kappa shape index (κ1) is 18.3. The summed E-state index contributed by atoms with van der Waals surface area (Å²) in [4.78, 5) is 19.4. The number of nitrogens with zero attached hydrogens (tertiary/aromatic N) is 3. The predicted molar refractivity (Wildman–Crippen MR) is 109 cm³/mol. The van der Waals surface area contributed by atoms with E-state index in [0.29, 0.717) is 28.5 Å². The molecule has 0 saturated heterocycles. The standard InChI is InChI=1S/C19H20N4O4S/c1-9(2)23-18-11(8-20-23)13(16-17(21-18)22-19(24)28-16)10-6-7-12(25-3)15(27-5)14(10)26-4/h6-9H,1-5H3,(H,21,22,24). The molecule has 4 aromatic rings. The zero-order valence-corrected chi connectivity index (χ0v) is 17.0. The number of nitrogens with one attached hydrogen (secondary N) is 1. The molecule has 0 unspecified atom stereocenters. The van der Waals surface area contributed by atoms with Crippen LogP contribution in [0.4, 0.5) is 0 Å². The van der Waals surface area contributed by atoms with Gasteiger partial charge in [0.15, 0.2) is 22.8 Å². The van der Waals surface area contributed by atoms with Crippen LogP contribution >= 0.6 is 11.3 Å². The van der Waals surface area contributed by atoms with Gasteiger partial charge in [-0.2, -0.15) is 5.10 Å². The summed E-state index contributed by atoms with van der Waals surface area (Å²) >= 11 is 1.11. The van der Waals surface area contributed by atoms with E-state index in [0.717, 1.165) is 32.5 Å². The highest BCUT2D eigenvalue weighted by molar-refractivity contribution is 7.17. The number of aromatic nitrogens is 4. The first-order valence-corrected chi connectivity index (χ1v) is 9.51. The molecule has 3 aromatic heterocycles. The fourth-order valence-corrected chi connectivity index (χ4v) is 4.23. The van der Waals surface area contributed by atoms with Crippen LogP contribution in [0.15, 0.2) is 23.1 Å². The Morgan fingerprint density at radius 2 is 1.86 bits per heavy atom. The quantitative estimate of drug-likeness (QED) is 0.550. The molecule has 28 heavy (non-hydrogen) atoms. The fraction of sp³-hybridized carbons (Fsp3) is 0.316. The molecule has 4 rings (SSSR count). The Kier molecular flexibility index (Phi) is 4.46. The number of fused-ring (bicyclic) bond motifs is 2. The summed E-state index contributed by atoms with van der Waals surface area (Å²) in [5.41, 5.74) is 2.82. The van der Waals surface area contributed by atoms with Crippen molar-refractivity contribution in [2.75, 3.05) is 21.3 Å². The molecule has 0 aliphatic rings. The fourth-order valence-electron chi connectivity index (χ4n) is 3.38. The van der Waals surface area contributed by atoms with Gasteiger partial charge in [0.1, 0.15) is 0 Å². The van der Waals surface area contributed by atoms with Crippen LogP contribution in [0, 0.1) is 0 Å². The summed E-state index contributed by atoms with van der Waals surface area (Å²) in [6, 6.07) is 3.83. The van der Waals surface area contributed by atoms with Crippen LogP contribution in [0.3, 0.4) is 0 Å². The van der Waals surface area contributed by atoms with E-state index in [9.17, 15) is 4.79 Å². The number of benzene rings is 1.